The van der Waals surface area contributed by atoms with Gasteiger partial charge in [-0.25, -0.2) is 0 Å². The third-order valence-electron chi connectivity index (χ3n) is 2.33. The van der Waals surface area contributed by atoms with E-state index in [1.807, 2.05) is 43.6 Å². The van der Waals surface area contributed by atoms with E-state index in [0.29, 0.717) is 0 Å². The molecule has 1 fully saturated rings. The van der Waals surface area contributed by atoms with Gasteiger partial charge < -0.3 is 5.32 Å². The molecule has 14 heavy (non-hydrogen) atoms. The Balaban J connectivity index is 2.92. The van der Waals surface area contributed by atoms with Crippen LogP contribution in [-0.2, 0) is 9.59 Å². The Bertz CT molecular complexity index is 272. The van der Waals surface area contributed by atoms with Gasteiger partial charge in [-0.2, -0.15) is 0 Å². The molecule has 0 saturated carbocycles. The van der Waals surface area contributed by atoms with Gasteiger partial charge >= 0.3 is 0 Å². The first-order valence-corrected chi connectivity index (χ1v) is 5.51. The van der Waals surface area contributed by atoms with Gasteiger partial charge in [0.25, 0.3) is 5.91 Å². The highest BCUT2D eigenvalue weighted by Gasteiger charge is 2.42. The second-order valence-electron chi connectivity index (χ2n) is 4.63. The maximum absolute atomic E-state index is 11.8. The summed E-state index contributed by atoms with van der Waals surface area (Å²) in [7, 11) is 0. The number of carbonyl (C=O) groups excluding carboxylic acids is 2. The Kier molecular flexibility index (Phi) is 3.08. The zero-order chi connectivity index (χ0) is 11.1. The van der Waals surface area contributed by atoms with Crippen molar-refractivity contribution in [3.63, 3.8) is 0 Å². The van der Waals surface area contributed by atoms with Crippen molar-refractivity contribution in [2.45, 2.75) is 39.8 Å². The highest BCUT2D eigenvalue weighted by atomic mass is 127. The van der Waals surface area contributed by atoms with Crippen molar-refractivity contribution in [1.82, 2.24) is 8.43 Å². The van der Waals surface area contributed by atoms with Gasteiger partial charge in [0.05, 0.1) is 22.9 Å². The molecule has 1 unspecified atom stereocenters. The minimum absolute atomic E-state index is 0.0230. The Morgan fingerprint density at radius 2 is 1.86 bits per heavy atom. The van der Waals surface area contributed by atoms with Crippen LogP contribution in [-0.4, -0.2) is 27.0 Å². The molecule has 1 aliphatic heterocycles. The summed E-state index contributed by atoms with van der Waals surface area (Å²) >= 11 is 1.90. The fraction of sp³-hybridized carbons (Fsp3) is 0.778. The van der Waals surface area contributed by atoms with Crippen molar-refractivity contribution >= 4 is 34.7 Å². The quantitative estimate of drug-likeness (QED) is 0.538. The number of carbonyl (C=O) groups is 2. The number of rotatable bonds is 0. The van der Waals surface area contributed by atoms with Crippen molar-refractivity contribution in [3.05, 3.63) is 0 Å². The molecule has 1 heterocycles. The van der Waals surface area contributed by atoms with Crippen LogP contribution in [0.15, 0.2) is 0 Å². The van der Waals surface area contributed by atoms with Gasteiger partial charge in [-0.05, 0) is 12.3 Å². The van der Waals surface area contributed by atoms with Gasteiger partial charge in [0.15, 0.2) is 0 Å². The van der Waals surface area contributed by atoms with Crippen molar-refractivity contribution in [2.75, 3.05) is 0 Å². The Labute approximate surface area is 97.9 Å². The maximum Gasteiger partial charge on any atom is 0.255 e. The number of nitrogens with zero attached hydrogens (tertiary/aromatic N) is 1. The molecule has 0 aromatic heterocycles. The SMILES string of the molecule is CC1C(=O)N[C@@H](C(C)(C)C)C(=O)N1I. The molecule has 0 bridgehead atoms. The number of nitrogens with one attached hydrogen (secondary N) is 1. The summed E-state index contributed by atoms with van der Waals surface area (Å²) in [5.74, 6) is -0.107. The molecule has 2 atom stereocenters. The van der Waals surface area contributed by atoms with E-state index in [4.69, 9.17) is 0 Å². The summed E-state index contributed by atoms with van der Waals surface area (Å²) in [4.78, 5) is 23.3. The molecule has 5 heteroatoms. The molecule has 0 aromatic rings. The third-order valence-corrected chi connectivity index (χ3v) is 3.64. The lowest BCUT2D eigenvalue weighted by Gasteiger charge is -2.39. The van der Waals surface area contributed by atoms with Crippen molar-refractivity contribution < 1.29 is 9.59 Å². The Hall–Kier alpha value is -0.330. The average Bonchev–Trinajstić information content (AvgIpc) is 2.06. The van der Waals surface area contributed by atoms with E-state index < -0.39 is 6.04 Å². The smallest absolute Gasteiger partial charge is 0.255 e. The standard InChI is InChI=1S/C9H15IN2O2/c1-5-7(13)11-6(9(2,3)4)8(14)12(5)10/h5-6H,1-4H3,(H,11,13)/t5?,6-/m1/s1. The average molecular weight is 310 g/mol. The van der Waals surface area contributed by atoms with Crippen LogP contribution in [0.2, 0.25) is 0 Å². The number of hydrogen-bond donors (Lipinski definition) is 1. The minimum atomic E-state index is -0.414. The lowest BCUT2D eigenvalue weighted by atomic mass is 9.85. The minimum Gasteiger partial charge on any atom is -0.342 e. The molecule has 80 valence electrons. The van der Waals surface area contributed by atoms with Crippen LogP contribution in [0.3, 0.4) is 0 Å². The second kappa shape index (κ2) is 3.67. The fourth-order valence-corrected chi connectivity index (χ4v) is 1.86. The molecule has 1 rings (SSSR count). The highest BCUT2D eigenvalue weighted by Crippen LogP contribution is 2.26. The molecular formula is C9H15IN2O2. The van der Waals surface area contributed by atoms with Gasteiger partial charge in [-0.15, -0.1) is 0 Å². The molecule has 2 amide bonds. The third kappa shape index (κ3) is 2.02. The van der Waals surface area contributed by atoms with Crippen LogP contribution >= 0.6 is 22.9 Å². The molecule has 0 aromatic carbocycles. The van der Waals surface area contributed by atoms with Gasteiger partial charge in [0.1, 0.15) is 12.1 Å². The molecule has 0 spiro atoms. The van der Waals surface area contributed by atoms with Crippen LogP contribution in [0.1, 0.15) is 27.7 Å². The van der Waals surface area contributed by atoms with Crippen molar-refractivity contribution in [3.8, 4) is 0 Å². The highest BCUT2D eigenvalue weighted by molar-refractivity contribution is 14.1. The summed E-state index contributed by atoms with van der Waals surface area (Å²) in [6, 6.07) is -0.787. The molecule has 1 saturated heterocycles. The maximum atomic E-state index is 11.8. The number of piperazine rings is 1. The monoisotopic (exact) mass is 310 g/mol. The molecule has 1 N–H and O–H groups in total. The van der Waals surface area contributed by atoms with E-state index in [9.17, 15) is 9.59 Å². The Morgan fingerprint density at radius 1 is 1.36 bits per heavy atom. The summed E-state index contributed by atoms with van der Waals surface area (Å²) in [5, 5.41) is 2.75. The number of halogens is 1. The van der Waals surface area contributed by atoms with Gasteiger partial charge in [-0.3, -0.25) is 12.7 Å². The Morgan fingerprint density at radius 3 is 2.29 bits per heavy atom. The first kappa shape index (κ1) is 11.7. The summed E-state index contributed by atoms with van der Waals surface area (Å²) in [6.45, 7) is 7.54. The van der Waals surface area contributed by atoms with Crippen LogP contribution < -0.4 is 5.32 Å². The van der Waals surface area contributed by atoms with E-state index >= 15 is 0 Å². The van der Waals surface area contributed by atoms with Crippen LogP contribution in [0, 0.1) is 5.41 Å². The predicted molar refractivity (Wildman–Crippen MR) is 61.7 cm³/mol. The molecular weight excluding hydrogens is 295 g/mol. The predicted octanol–water partition coefficient (Wildman–Crippen LogP) is 1.10. The lowest BCUT2D eigenvalue weighted by Crippen LogP contribution is -2.63. The molecule has 4 nitrogen and oxygen atoms in total. The largest absolute Gasteiger partial charge is 0.342 e. The van der Waals surface area contributed by atoms with E-state index in [1.165, 1.54) is 3.11 Å². The normalized spacial score (nSPS) is 29.1. The second-order valence-corrected chi connectivity index (χ2v) is 5.67. The summed E-state index contributed by atoms with van der Waals surface area (Å²) in [5.41, 5.74) is -0.240. The summed E-state index contributed by atoms with van der Waals surface area (Å²) in [6.07, 6.45) is 0. The molecule has 0 radical (unpaired) electrons. The first-order chi connectivity index (χ1) is 6.25. The molecule has 0 aliphatic carbocycles. The summed E-state index contributed by atoms with van der Waals surface area (Å²) < 4.78 is 1.48. The van der Waals surface area contributed by atoms with Gasteiger partial charge in [0.2, 0.25) is 5.91 Å². The molecule has 1 aliphatic rings. The van der Waals surface area contributed by atoms with Crippen LogP contribution in [0.4, 0.5) is 0 Å². The zero-order valence-electron chi connectivity index (χ0n) is 8.80. The number of hydrogen-bond acceptors (Lipinski definition) is 2. The van der Waals surface area contributed by atoms with Gasteiger partial charge in [0, 0.05) is 0 Å². The topological polar surface area (TPSA) is 49.4 Å². The lowest BCUT2D eigenvalue weighted by molar-refractivity contribution is -0.144. The zero-order valence-corrected chi connectivity index (χ0v) is 11.0. The van der Waals surface area contributed by atoms with Crippen molar-refractivity contribution in [2.24, 2.45) is 5.41 Å². The van der Waals surface area contributed by atoms with Crippen LogP contribution in [0.25, 0.3) is 0 Å². The van der Waals surface area contributed by atoms with E-state index in [1.54, 1.807) is 6.92 Å². The van der Waals surface area contributed by atoms with Crippen molar-refractivity contribution in [1.29, 1.82) is 0 Å². The first-order valence-electron chi connectivity index (χ1n) is 4.54. The van der Waals surface area contributed by atoms with Gasteiger partial charge in [-0.1, -0.05) is 20.8 Å². The van der Waals surface area contributed by atoms with E-state index in [-0.39, 0.29) is 23.3 Å². The van der Waals surface area contributed by atoms with E-state index in [0.717, 1.165) is 0 Å². The number of amides is 2. The fourth-order valence-electron chi connectivity index (χ4n) is 1.33. The van der Waals surface area contributed by atoms with E-state index in [2.05, 4.69) is 5.32 Å². The van der Waals surface area contributed by atoms with Crippen LogP contribution in [0.5, 0.6) is 0 Å².